The molecule has 0 saturated carbocycles. The van der Waals surface area contributed by atoms with Crippen LogP contribution in [-0.4, -0.2) is 29.1 Å². The molecular weight excluding hydrogens is 440 g/mol. The van der Waals surface area contributed by atoms with Gasteiger partial charge in [-0.1, -0.05) is 43.2 Å². The van der Waals surface area contributed by atoms with Crippen molar-refractivity contribution in [3.05, 3.63) is 78.0 Å². The molecule has 0 unspecified atom stereocenters. The Bertz CT molecular complexity index is 1260. The highest BCUT2D eigenvalue weighted by molar-refractivity contribution is 6.04. The number of amides is 1. The molecule has 7 nitrogen and oxygen atoms in total. The molecule has 0 saturated heterocycles. The molecular formula is C28H28N4O3. The minimum Gasteiger partial charge on any atom is -0.373 e. The fourth-order valence-corrected chi connectivity index (χ4v) is 3.50. The number of hydrogen-bond acceptors (Lipinski definition) is 6. The van der Waals surface area contributed by atoms with Crippen molar-refractivity contribution in [2.45, 2.75) is 33.0 Å². The van der Waals surface area contributed by atoms with Crippen LogP contribution in [0.3, 0.4) is 0 Å². The number of rotatable bonds is 2. The Labute approximate surface area is 205 Å². The molecule has 1 aliphatic rings. The number of ether oxygens (including phenoxy) is 2. The Morgan fingerprint density at radius 3 is 2.71 bits per heavy atom. The topological polar surface area (TPSA) is 85.4 Å². The third-order valence-electron chi connectivity index (χ3n) is 5.09. The molecule has 4 rings (SSSR count). The molecule has 2 aromatic carbocycles. The van der Waals surface area contributed by atoms with E-state index in [2.05, 4.69) is 38.5 Å². The maximum atomic E-state index is 12.3. The number of carbonyl (C=O) groups is 1. The summed E-state index contributed by atoms with van der Waals surface area (Å²) in [4.78, 5) is 21.3. The molecule has 35 heavy (non-hydrogen) atoms. The standard InChI is InChI=1S/C28H28N4O3/c1-2-3-4-10-27(33)30-24-16-22-17-25(18-24)31-28-29-12-11-26(32-28)23-9-7-8-21(15-23)19-34-13-5-6-14-35-20-22/h5-9,11-12,15-18H,2-3,13-14,19-20H2,1H3,(H,30,33)(H,29,31,32)/b6-5+. The molecule has 0 radical (unpaired) electrons. The Morgan fingerprint density at radius 1 is 1.06 bits per heavy atom. The molecule has 1 aromatic heterocycles. The van der Waals surface area contributed by atoms with E-state index in [-0.39, 0.29) is 5.91 Å². The van der Waals surface area contributed by atoms with E-state index < -0.39 is 0 Å². The number of unbranched alkanes of at least 4 members (excludes halogenated alkanes) is 1. The summed E-state index contributed by atoms with van der Waals surface area (Å²) < 4.78 is 11.6. The Kier molecular flexibility index (Phi) is 8.60. The van der Waals surface area contributed by atoms with E-state index in [4.69, 9.17) is 9.47 Å². The molecule has 0 spiro atoms. The normalized spacial score (nSPS) is 14.3. The zero-order valence-electron chi connectivity index (χ0n) is 19.7. The van der Waals surface area contributed by atoms with Crippen LogP contribution in [0.5, 0.6) is 0 Å². The van der Waals surface area contributed by atoms with Gasteiger partial charge < -0.3 is 20.1 Å². The summed E-state index contributed by atoms with van der Waals surface area (Å²) in [5.41, 5.74) is 5.09. The lowest BCUT2D eigenvalue weighted by Gasteiger charge is -2.12. The van der Waals surface area contributed by atoms with E-state index in [0.717, 1.165) is 34.5 Å². The number of nitrogens with one attached hydrogen (secondary N) is 2. The van der Waals surface area contributed by atoms with Crippen molar-refractivity contribution in [2.24, 2.45) is 0 Å². The van der Waals surface area contributed by atoms with Crippen molar-refractivity contribution in [1.29, 1.82) is 0 Å². The average Bonchev–Trinajstić information content (AvgIpc) is 2.85. The minimum absolute atomic E-state index is 0.349. The first-order valence-corrected chi connectivity index (χ1v) is 11.6. The number of hydrogen-bond donors (Lipinski definition) is 2. The smallest absolute Gasteiger partial charge is 0.300 e. The van der Waals surface area contributed by atoms with Crippen molar-refractivity contribution in [3.8, 4) is 23.1 Å². The van der Waals surface area contributed by atoms with Gasteiger partial charge in [-0.15, -0.1) is 0 Å². The van der Waals surface area contributed by atoms with Crippen LogP contribution in [-0.2, 0) is 27.5 Å². The first-order valence-electron chi connectivity index (χ1n) is 11.6. The predicted octanol–water partition coefficient (Wildman–Crippen LogP) is 5.23. The molecule has 0 aliphatic carbocycles. The van der Waals surface area contributed by atoms with Gasteiger partial charge in [-0.05, 0) is 53.8 Å². The molecule has 178 valence electrons. The number of benzene rings is 2. The van der Waals surface area contributed by atoms with E-state index in [1.807, 2.05) is 61.5 Å². The van der Waals surface area contributed by atoms with Crippen molar-refractivity contribution < 1.29 is 14.3 Å². The zero-order chi connectivity index (χ0) is 24.3. The van der Waals surface area contributed by atoms with Gasteiger partial charge in [-0.25, -0.2) is 9.97 Å². The van der Waals surface area contributed by atoms with Crippen molar-refractivity contribution in [2.75, 3.05) is 23.8 Å². The lowest BCUT2D eigenvalue weighted by molar-refractivity contribution is -0.111. The van der Waals surface area contributed by atoms with Gasteiger partial charge in [0.15, 0.2) is 0 Å². The molecule has 7 heteroatoms. The summed E-state index contributed by atoms with van der Waals surface area (Å²) in [7, 11) is 0. The molecule has 2 N–H and O–H groups in total. The van der Waals surface area contributed by atoms with Gasteiger partial charge in [0.2, 0.25) is 5.95 Å². The Balaban J connectivity index is 1.64. The van der Waals surface area contributed by atoms with Crippen LogP contribution in [0.2, 0.25) is 0 Å². The number of fused-ring (bicyclic) bond motifs is 7. The Morgan fingerprint density at radius 2 is 1.89 bits per heavy atom. The zero-order valence-corrected chi connectivity index (χ0v) is 19.7. The predicted molar refractivity (Wildman–Crippen MR) is 137 cm³/mol. The summed E-state index contributed by atoms with van der Waals surface area (Å²) >= 11 is 0. The fraction of sp³-hybridized carbons (Fsp3) is 0.250. The van der Waals surface area contributed by atoms with Crippen LogP contribution in [0.15, 0.2) is 66.9 Å². The summed E-state index contributed by atoms with van der Waals surface area (Å²) in [6.07, 6.45) is 7.19. The largest absolute Gasteiger partial charge is 0.373 e. The van der Waals surface area contributed by atoms with E-state index in [0.29, 0.717) is 44.5 Å². The lowest BCUT2D eigenvalue weighted by Crippen LogP contribution is -2.09. The van der Waals surface area contributed by atoms with Gasteiger partial charge in [0.25, 0.3) is 5.91 Å². The van der Waals surface area contributed by atoms with Crippen molar-refractivity contribution in [1.82, 2.24) is 9.97 Å². The van der Waals surface area contributed by atoms with Crippen LogP contribution >= 0.6 is 0 Å². The van der Waals surface area contributed by atoms with Gasteiger partial charge in [-0.2, -0.15) is 0 Å². The molecule has 0 fully saturated rings. The third-order valence-corrected chi connectivity index (χ3v) is 5.09. The van der Waals surface area contributed by atoms with E-state index in [1.54, 1.807) is 6.20 Å². The molecule has 3 aromatic rings. The number of aromatic nitrogens is 2. The van der Waals surface area contributed by atoms with Crippen LogP contribution in [0.4, 0.5) is 17.3 Å². The van der Waals surface area contributed by atoms with Crippen LogP contribution in [0.25, 0.3) is 11.3 Å². The number of nitrogens with zero attached hydrogens (tertiary/aromatic N) is 2. The third kappa shape index (κ3) is 7.51. The van der Waals surface area contributed by atoms with Gasteiger partial charge in [0, 0.05) is 29.6 Å². The Hall–Kier alpha value is -3.99. The van der Waals surface area contributed by atoms with Gasteiger partial charge in [-0.3, -0.25) is 4.79 Å². The van der Waals surface area contributed by atoms with Gasteiger partial charge >= 0.3 is 0 Å². The molecule has 0 atom stereocenters. The molecule has 2 heterocycles. The second kappa shape index (κ2) is 12.5. The lowest BCUT2D eigenvalue weighted by atomic mass is 10.1. The minimum atomic E-state index is -0.349. The average molecular weight is 469 g/mol. The van der Waals surface area contributed by atoms with Crippen LogP contribution in [0, 0.1) is 11.8 Å². The summed E-state index contributed by atoms with van der Waals surface area (Å²) in [5.74, 6) is 5.59. The summed E-state index contributed by atoms with van der Waals surface area (Å²) in [5, 5.41) is 6.11. The van der Waals surface area contributed by atoms with E-state index >= 15 is 0 Å². The van der Waals surface area contributed by atoms with Crippen LogP contribution < -0.4 is 10.6 Å². The number of anilines is 3. The maximum Gasteiger partial charge on any atom is 0.300 e. The van der Waals surface area contributed by atoms with Gasteiger partial charge in [0.05, 0.1) is 32.1 Å². The van der Waals surface area contributed by atoms with Crippen LogP contribution in [0.1, 0.15) is 30.9 Å². The first-order chi connectivity index (χ1) is 17.2. The van der Waals surface area contributed by atoms with Gasteiger partial charge in [0.1, 0.15) is 0 Å². The summed E-state index contributed by atoms with van der Waals surface area (Å²) in [6.45, 7) is 3.86. The number of carbonyl (C=O) groups excluding carboxylic acids is 1. The summed E-state index contributed by atoms with van der Waals surface area (Å²) in [6, 6.07) is 15.6. The van der Waals surface area contributed by atoms with Crippen molar-refractivity contribution in [3.63, 3.8) is 0 Å². The highest BCUT2D eigenvalue weighted by atomic mass is 16.5. The quantitative estimate of drug-likeness (QED) is 0.396. The maximum absolute atomic E-state index is 12.3. The molecule has 6 bridgehead atoms. The second-order valence-corrected chi connectivity index (χ2v) is 8.02. The van der Waals surface area contributed by atoms with Crippen molar-refractivity contribution >= 4 is 23.2 Å². The van der Waals surface area contributed by atoms with E-state index in [1.165, 1.54) is 0 Å². The monoisotopic (exact) mass is 468 g/mol. The highest BCUT2D eigenvalue weighted by Gasteiger charge is 2.08. The molecule has 1 amide bonds. The second-order valence-electron chi connectivity index (χ2n) is 8.02. The SMILES string of the molecule is CCCC#CC(=O)Nc1cc2cc(c1)Nc1nccc(n1)-c1cccc(c1)COC/C=C/COC2. The first kappa shape index (κ1) is 24.1. The fourth-order valence-electron chi connectivity index (χ4n) is 3.50. The van der Waals surface area contributed by atoms with E-state index in [9.17, 15) is 4.79 Å². The highest BCUT2D eigenvalue weighted by Crippen LogP contribution is 2.24. The molecule has 1 aliphatic heterocycles.